The molecule has 0 aliphatic carbocycles. The molecule has 2 heterocycles. The minimum Gasteiger partial charge on any atom is -0.383 e. The van der Waals surface area contributed by atoms with Crippen LogP contribution in [0.4, 0.5) is 8.78 Å². The summed E-state index contributed by atoms with van der Waals surface area (Å²) in [5, 5.41) is 7.67. The van der Waals surface area contributed by atoms with Gasteiger partial charge in [-0.25, -0.2) is 13.8 Å². The SMILES string of the molecule is COCCN(CC(=O)N1N=C(c2ccccc2F)C[C@@H]1c1cccs1)C(=O)c1ccccc1F. The van der Waals surface area contributed by atoms with Crippen LogP contribution in [0.1, 0.15) is 33.3 Å². The first-order valence-electron chi connectivity index (χ1n) is 10.7. The van der Waals surface area contributed by atoms with E-state index in [1.807, 2.05) is 17.5 Å². The van der Waals surface area contributed by atoms with Crippen LogP contribution >= 0.6 is 11.3 Å². The van der Waals surface area contributed by atoms with E-state index in [1.165, 1.54) is 52.6 Å². The van der Waals surface area contributed by atoms with Gasteiger partial charge < -0.3 is 9.64 Å². The maximum absolute atomic E-state index is 14.4. The Morgan fingerprint density at radius 1 is 1.09 bits per heavy atom. The number of halogens is 2. The Hall–Kier alpha value is -3.43. The van der Waals surface area contributed by atoms with Gasteiger partial charge in [-0.1, -0.05) is 36.4 Å². The van der Waals surface area contributed by atoms with Gasteiger partial charge in [0, 0.05) is 30.5 Å². The molecule has 0 saturated carbocycles. The lowest BCUT2D eigenvalue weighted by Crippen LogP contribution is -2.43. The molecule has 1 aliphatic heterocycles. The summed E-state index contributed by atoms with van der Waals surface area (Å²) in [4.78, 5) is 28.6. The van der Waals surface area contributed by atoms with E-state index in [9.17, 15) is 18.4 Å². The highest BCUT2D eigenvalue weighted by Gasteiger charge is 2.35. The summed E-state index contributed by atoms with van der Waals surface area (Å²) in [6.45, 7) is -0.0607. The van der Waals surface area contributed by atoms with Crippen LogP contribution in [0.25, 0.3) is 0 Å². The summed E-state index contributed by atoms with van der Waals surface area (Å²) in [5.41, 5.74) is 0.657. The van der Waals surface area contributed by atoms with Crippen LogP contribution in [0.2, 0.25) is 0 Å². The Morgan fingerprint density at radius 3 is 2.50 bits per heavy atom. The third-order valence-electron chi connectivity index (χ3n) is 5.51. The van der Waals surface area contributed by atoms with Crippen molar-refractivity contribution in [2.75, 3.05) is 26.8 Å². The lowest BCUT2D eigenvalue weighted by atomic mass is 10.0. The van der Waals surface area contributed by atoms with Crippen molar-refractivity contribution in [3.8, 4) is 0 Å². The standard InChI is InChI=1S/C25H23F2N3O3S/c1-33-13-12-29(25(32)18-8-3-5-10-20(18)27)16-24(31)30-22(23-11-6-14-34-23)15-21(28-30)17-7-2-4-9-19(17)26/h2-11,14,22H,12-13,15-16H2,1H3/t22-/m1/s1. The zero-order chi connectivity index (χ0) is 24.1. The van der Waals surface area contributed by atoms with Crippen molar-refractivity contribution in [3.63, 3.8) is 0 Å². The van der Waals surface area contributed by atoms with Gasteiger partial charge in [0.2, 0.25) is 0 Å². The zero-order valence-electron chi connectivity index (χ0n) is 18.5. The molecule has 0 unspecified atom stereocenters. The van der Waals surface area contributed by atoms with Gasteiger partial charge in [-0.05, 0) is 29.6 Å². The smallest absolute Gasteiger partial charge is 0.262 e. The quantitative estimate of drug-likeness (QED) is 0.474. The van der Waals surface area contributed by atoms with Crippen LogP contribution in [-0.4, -0.2) is 54.2 Å². The van der Waals surface area contributed by atoms with E-state index in [0.717, 1.165) is 4.88 Å². The zero-order valence-corrected chi connectivity index (χ0v) is 19.3. The number of thiophene rings is 1. The summed E-state index contributed by atoms with van der Waals surface area (Å²) in [7, 11) is 1.48. The molecule has 176 valence electrons. The third kappa shape index (κ3) is 5.05. The highest BCUT2D eigenvalue weighted by Crippen LogP contribution is 2.35. The van der Waals surface area contributed by atoms with Gasteiger partial charge in [0.05, 0.1) is 23.9 Å². The number of amides is 2. The first-order valence-corrected chi connectivity index (χ1v) is 11.6. The van der Waals surface area contributed by atoms with Crippen LogP contribution < -0.4 is 0 Å². The Labute approximate surface area is 200 Å². The molecular formula is C25H23F2N3O3S. The Kier molecular flexibility index (Phi) is 7.44. The van der Waals surface area contributed by atoms with Crippen LogP contribution in [0.3, 0.4) is 0 Å². The predicted octanol–water partition coefficient (Wildman–Crippen LogP) is 4.49. The van der Waals surface area contributed by atoms with Gasteiger partial charge in [0.25, 0.3) is 11.8 Å². The van der Waals surface area contributed by atoms with E-state index >= 15 is 0 Å². The number of ether oxygens (including phenoxy) is 1. The Balaban J connectivity index is 1.62. The molecule has 4 rings (SSSR count). The van der Waals surface area contributed by atoms with E-state index in [1.54, 1.807) is 24.3 Å². The highest BCUT2D eigenvalue weighted by atomic mass is 32.1. The van der Waals surface area contributed by atoms with Gasteiger partial charge in [0.1, 0.15) is 18.2 Å². The summed E-state index contributed by atoms with van der Waals surface area (Å²) in [6.07, 6.45) is 0.340. The summed E-state index contributed by atoms with van der Waals surface area (Å²) in [6, 6.07) is 15.2. The lowest BCUT2D eigenvalue weighted by Gasteiger charge is -2.26. The van der Waals surface area contributed by atoms with Gasteiger partial charge in [-0.3, -0.25) is 9.59 Å². The molecule has 3 aromatic rings. The fourth-order valence-corrected chi connectivity index (χ4v) is 4.61. The first-order chi connectivity index (χ1) is 16.5. The molecule has 0 fully saturated rings. The van der Waals surface area contributed by atoms with Gasteiger partial charge >= 0.3 is 0 Å². The second kappa shape index (κ2) is 10.7. The topological polar surface area (TPSA) is 62.2 Å². The summed E-state index contributed by atoms with van der Waals surface area (Å²) < 4.78 is 33.8. The second-order valence-electron chi connectivity index (χ2n) is 7.70. The molecule has 1 aliphatic rings. The van der Waals surface area contributed by atoms with E-state index in [2.05, 4.69) is 5.10 Å². The molecule has 2 amide bonds. The van der Waals surface area contributed by atoms with E-state index in [0.29, 0.717) is 17.7 Å². The van der Waals surface area contributed by atoms with Crippen molar-refractivity contribution in [1.29, 1.82) is 0 Å². The van der Waals surface area contributed by atoms with Crippen LogP contribution in [0, 0.1) is 11.6 Å². The Morgan fingerprint density at radius 2 is 1.82 bits per heavy atom. The van der Waals surface area contributed by atoms with Gasteiger partial charge in [-0.15, -0.1) is 11.3 Å². The van der Waals surface area contributed by atoms with Crippen molar-refractivity contribution in [1.82, 2.24) is 9.91 Å². The molecule has 0 N–H and O–H groups in total. The normalized spacial score (nSPS) is 15.3. The molecule has 1 atom stereocenters. The maximum atomic E-state index is 14.4. The molecule has 9 heteroatoms. The summed E-state index contributed by atoms with van der Waals surface area (Å²) >= 11 is 1.47. The van der Waals surface area contributed by atoms with Crippen LogP contribution in [0.5, 0.6) is 0 Å². The molecule has 0 saturated heterocycles. The number of carbonyl (C=O) groups is 2. The lowest BCUT2D eigenvalue weighted by molar-refractivity contribution is -0.133. The number of nitrogens with zero attached hydrogens (tertiary/aromatic N) is 3. The number of hydrogen-bond donors (Lipinski definition) is 0. The Bertz CT molecular complexity index is 1200. The predicted molar refractivity (Wildman–Crippen MR) is 126 cm³/mol. The molecule has 34 heavy (non-hydrogen) atoms. The van der Waals surface area contributed by atoms with Crippen molar-refractivity contribution in [3.05, 3.63) is 93.7 Å². The summed E-state index contributed by atoms with van der Waals surface area (Å²) in [5.74, 6) is -2.16. The van der Waals surface area contributed by atoms with Crippen molar-refractivity contribution < 1.29 is 23.1 Å². The molecule has 6 nitrogen and oxygen atoms in total. The average Bonchev–Trinajstić information content (AvgIpc) is 3.52. The number of rotatable bonds is 8. The fourth-order valence-electron chi connectivity index (χ4n) is 3.80. The van der Waals surface area contributed by atoms with E-state index < -0.39 is 29.5 Å². The monoisotopic (exact) mass is 483 g/mol. The van der Waals surface area contributed by atoms with Gasteiger partial charge in [-0.2, -0.15) is 5.10 Å². The maximum Gasteiger partial charge on any atom is 0.262 e. The minimum absolute atomic E-state index is 0.0940. The largest absolute Gasteiger partial charge is 0.383 e. The minimum atomic E-state index is -0.667. The third-order valence-corrected chi connectivity index (χ3v) is 6.48. The molecule has 0 radical (unpaired) electrons. The number of hydrogen-bond acceptors (Lipinski definition) is 5. The number of methoxy groups -OCH3 is 1. The molecule has 0 spiro atoms. The van der Waals surface area contributed by atoms with Crippen LogP contribution in [-0.2, 0) is 9.53 Å². The molecular weight excluding hydrogens is 460 g/mol. The average molecular weight is 484 g/mol. The van der Waals surface area contributed by atoms with Crippen molar-refractivity contribution in [2.24, 2.45) is 5.10 Å². The van der Waals surface area contributed by atoms with Crippen molar-refractivity contribution in [2.45, 2.75) is 12.5 Å². The van der Waals surface area contributed by atoms with Crippen LogP contribution in [0.15, 0.2) is 71.1 Å². The van der Waals surface area contributed by atoms with E-state index in [-0.39, 0.29) is 25.3 Å². The number of benzene rings is 2. The molecule has 2 aromatic carbocycles. The van der Waals surface area contributed by atoms with E-state index in [4.69, 9.17) is 4.74 Å². The highest BCUT2D eigenvalue weighted by molar-refractivity contribution is 7.10. The molecule has 1 aromatic heterocycles. The van der Waals surface area contributed by atoms with Gasteiger partial charge in [0.15, 0.2) is 0 Å². The molecule has 0 bridgehead atoms. The van der Waals surface area contributed by atoms with Crippen molar-refractivity contribution >= 4 is 28.9 Å². The second-order valence-corrected chi connectivity index (χ2v) is 8.68. The number of hydrazone groups is 1. The fraction of sp³-hybridized carbons (Fsp3) is 0.240. The number of carbonyl (C=O) groups excluding carboxylic acids is 2. The first kappa shape index (κ1) is 23.7.